The van der Waals surface area contributed by atoms with Crippen LogP contribution in [0.3, 0.4) is 0 Å². The van der Waals surface area contributed by atoms with Crippen LogP contribution in [0.15, 0.2) is 6.20 Å². The van der Waals surface area contributed by atoms with Crippen molar-refractivity contribution in [3.8, 4) is 0 Å². The maximum absolute atomic E-state index is 10.9. The van der Waals surface area contributed by atoms with Gasteiger partial charge in [-0.1, -0.05) is 0 Å². The number of ether oxygens (including phenoxy) is 1. The molecule has 0 saturated carbocycles. The summed E-state index contributed by atoms with van der Waals surface area (Å²) in [6.45, 7) is 1.93. The number of hydrogen-bond donors (Lipinski definition) is 1. The monoisotopic (exact) mass is 227 g/mol. The highest BCUT2D eigenvalue weighted by molar-refractivity contribution is 5.86. The number of carboxylic acid groups (broad SMARTS) is 1. The van der Waals surface area contributed by atoms with E-state index in [2.05, 4.69) is 5.10 Å². The van der Waals surface area contributed by atoms with Gasteiger partial charge in [-0.05, 0) is 7.05 Å². The first-order valence-electron chi connectivity index (χ1n) is 4.98. The maximum Gasteiger partial charge on any atom is 0.356 e. The van der Waals surface area contributed by atoms with Gasteiger partial charge >= 0.3 is 5.97 Å². The SMILES string of the molecule is COCCN(C)Cc1cn(C)nc1C(=O)O. The molecule has 0 saturated heterocycles. The van der Waals surface area contributed by atoms with Crippen molar-refractivity contribution in [1.29, 1.82) is 0 Å². The van der Waals surface area contributed by atoms with Crippen molar-refractivity contribution in [1.82, 2.24) is 14.7 Å². The number of hydrogen-bond acceptors (Lipinski definition) is 4. The van der Waals surface area contributed by atoms with E-state index >= 15 is 0 Å². The first-order chi connectivity index (χ1) is 7.54. The zero-order chi connectivity index (χ0) is 12.1. The Labute approximate surface area is 94.4 Å². The highest BCUT2D eigenvalue weighted by Gasteiger charge is 2.15. The lowest BCUT2D eigenvalue weighted by Crippen LogP contribution is -2.23. The third-order valence-electron chi connectivity index (χ3n) is 2.22. The number of carbonyl (C=O) groups is 1. The van der Waals surface area contributed by atoms with Gasteiger partial charge in [-0.2, -0.15) is 5.10 Å². The van der Waals surface area contributed by atoms with Crippen LogP contribution in [0.5, 0.6) is 0 Å². The fraction of sp³-hybridized carbons (Fsp3) is 0.600. The average Bonchev–Trinajstić information content (AvgIpc) is 2.56. The van der Waals surface area contributed by atoms with Crippen LogP contribution in [-0.2, 0) is 18.3 Å². The Balaban J connectivity index is 2.68. The molecule has 0 bridgehead atoms. The topological polar surface area (TPSA) is 67.6 Å². The highest BCUT2D eigenvalue weighted by atomic mass is 16.5. The minimum atomic E-state index is -0.990. The smallest absolute Gasteiger partial charge is 0.356 e. The summed E-state index contributed by atoms with van der Waals surface area (Å²) in [5.41, 5.74) is 0.834. The summed E-state index contributed by atoms with van der Waals surface area (Å²) in [5.74, 6) is -0.990. The number of nitrogens with zero attached hydrogens (tertiary/aromatic N) is 3. The van der Waals surface area contributed by atoms with Gasteiger partial charge < -0.3 is 9.84 Å². The second-order valence-corrected chi connectivity index (χ2v) is 3.71. The molecule has 1 aromatic rings. The summed E-state index contributed by atoms with van der Waals surface area (Å²) in [7, 11) is 5.27. The van der Waals surface area contributed by atoms with E-state index in [1.807, 2.05) is 11.9 Å². The fourth-order valence-electron chi connectivity index (χ4n) is 1.45. The van der Waals surface area contributed by atoms with Gasteiger partial charge in [0.05, 0.1) is 6.61 Å². The molecule has 16 heavy (non-hydrogen) atoms. The van der Waals surface area contributed by atoms with Gasteiger partial charge in [0.15, 0.2) is 5.69 Å². The lowest BCUT2D eigenvalue weighted by atomic mass is 10.2. The lowest BCUT2D eigenvalue weighted by Gasteiger charge is -2.14. The van der Waals surface area contributed by atoms with Crippen LogP contribution in [0.4, 0.5) is 0 Å². The lowest BCUT2D eigenvalue weighted by molar-refractivity contribution is 0.0687. The zero-order valence-electron chi connectivity index (χ0n) is 9.80. The van der Waals surface area contributed by atoms with E-state index in [4.69, 9.17) is 9.84 Å². The molecule has 1 rings (SSSR count). The van der Waals surface area contributed by atoms with Crippen molar-refractivity contribution in [2.24, 2.45) is 7.05 Å². The van der Waals surface area contributed by atoms with Gasteiger partial charge in [0, 0.05) is 39.0 Å². The number of rotatable bonds is 6. The van der Waals surface area contributed by atoms with Crippen molar-refractivity contribution in [3.63, 3.8) is 0 Å². The quantitative estimate of drug-likeness (QED) is 0.751. The molecule has 0 unspecified atom stereocenters. The van der Waals surface area contributed by atoms with Gasteiger partial charge in [0.2, 0.25) is 0 Å². The molecule has 0 radical (unpaired) electrons. The third-order valence-corrected chi connectivity index (χ3v) is 2.22. The molecule has 1 heterocycles. The molecule has 0 spiro atoms. The van der Waals surface area contributed by atoms with E-state index in [-0.39, 0.29) is 5.69 Å². The van der Waals surface area contributed by atoms with E-state index in [1.165, 1.54) is 4.68 Å². The first-order valence-corrected chi connectivity index (χ1v) is 4.98. The molecular weight excluding hydrogens is 210 g/mol. The number of aromatic carboxylic acids is 1. The summed E-state index contributed by atoms with van der Waals surface area (Å²) in [4.78, 5) is 12.9. The Kier molecular flexibility index (Phi) is 4.45. The molecule has 0 aliphatic carbocycles. The van der Waals surface area contributed by atoms with Crippen molar-refractivity contribution in [3.05, 3.63) is 17.5 Å². The summed E-state index contributed by atoms with van der Waals surface area (Å²) in [6, 6.07) is 0. The molecule has 1 N–H and O–H groups in total. The van der Waals surface area contributed by atoms with Crippen LogP contribution >= 0.6 is 0 Å². The molecular formula is C10H17N3O3. The number of aromatic nitrogens is 2. The molecule has 6 nitrogen and oxygen atoms in total. The van der Waals surface area contributed by atoms with Gasteiger partial charge in [-0.3, -0.25) is 9.58 Å². The molecule has 6 heteroatoms. The Morgan fingerprint density at radius 3 is 2.94 bits per heavy atom. The second kappa shape index (κ2) is 5.62. The normalized spacial score (nSPS) is 11.0. The van der Waals surface area contributed by atoms with Crippen LogP contribution in [0.1, 0.15) is 16.1 Å². The highest BCUT2D eigenvalue weighted by Crippen LogP contribution is 2.08. The standard InChI is InChI=1S/C10H17N3O3/c1-12(4-5-16-3)6-8-7-13(2)11-9(8)10(14)15/h7H,4-6H2,1-3H3,(H,14,15). The van der Waals surface area contributed by atoms with Gasteiger partial charge in [0.1, 0.15) is 0 Å². The fourth-order valence-corrected chi connectivity index (χ4v) is 1.45. The second-order valence-electron chi connectivity index (χ2n) is 3.71. The Morgan fingerprint density at radius 2 is 2.38 bits per heavy atom. The number of carboxylic acids is 1. The Bertz CT molecular complexity index is 362. The minimum absolute atomic E-state index is 0.117. The number of likely N-dealkylation sites (N-methyl/N-ethyl adjacent to an activating group) is 1. The molecule has 1 aromatic heterocycles. The molecule has 0 atom stereocenters. The van der Waals surface area contributed by atoms with E-state index in [9.17, 15) is 4.79 Å². The zero-order valence-corrected chi connectivity index (χ0v) is 9.80. The largest absolute Gasteiger partial charge is 0.476 e. The minimum Gasteiger partial charge on any atom is -0.476 e. The van der Waals surface area contributed by atoms with Crippen molar-refractivity contribution in [2.45, 2.75) is 6.54 Å². The molecule has 0 aliphatic heterocycles. The van der Waals surface area contributed by atoms with Crippen LogP contribution in [0, 0.1) is 0 Å². The summed E-state index contributed by atoms with van der Waals surface area (Å²) >= 11 is 0. The van der Waals surface area contributed by atoms with Crippen molar-refractivity contribution in [2.75, 3.05) is 27.3 Å². The molecule has 0 aliphatic rings. The Hall–Kier alpha value is -1.40. The van der Waals surface area contributed by atoms with Crippen molar-refractivity contribution >= 4 is 5.97 Å². The third kappa shape index (κ3) is 3.32. The summed E-state index contributed by atoms with van der Waals surface area (Å²) in [5, 5.41) is 12.9. The van der Waals surface area contributed by atoms with Crippen LogP contribution in [0.2, 0.25) is 0 Å². The number of methoxy groups -OCH3 is 1. The van der Waals surface area contributed by atoms with Crippen molar-refractivity contribution < 1.29 is 14.6 Å². The van der Waals surface area contributed by atoms with Gasteiger partial charge in [0.25, 0.3) is 0 Å². The maximum atomic E-state index is 10.9. The first kappa shape index (κ1) is 12.7. The van der Waals surface area contributed by atoms with E-state index in [0.717, 1.165) is 6.54 Å². The number of aryl methyl sites for hydroxylation is 1. The Morgan fingerprint density at radius 1 is 1.69 bits per heavy atom. The van der Waals surface area contributed by atoms with Crippen LogP contribution < -0.4 is 0 Å². The summed E-state index contributed by atoms with van der Waals surface area (Å²) < 4.78 is 6.47. The van der Waals surface area contributed by atoms with Crippen LogP contribution in [0.25, 0.3) is 0 Å². The van der Waals surface area contributed by atoms with E-state index in [1.54, 1.807) is 20.4 Å². The molecule has 0 aromatic carbocycles. The molecule has 0 amide bonds. The molecule has 0 fully saturated rings. The average molecular weight is 227 g/mol. The van der Waals surface area contributed by atoms with Crippen LogP contribution in [-0.4, -0.2) is 53.1 Å². The predicted octanol–water partition coefficient (Wildman–Crippen LogP) is 0.197. The van der Waals surface area contributed by atoms with E-state index < -0.39 is 5.97 Å². The van der Waals surface area contributed by atoms with Gasteiger partial charge in [-0.15, -0.1) is 0 Å². The molecule has 90 valence electrons. The summed E-state index contributed by atoms with van der Waals surface area (Å²) in [6.07, 6.45) is 1.73. The van der Waals surface area contributed by atoms with Gasteiger partial charge in [-0.25, -0.2) is 4.79 Å². The predicted molar refractivity (Wildman–Crippen MR) is 58.4 cm³/mol. The van der Waals surface area contributed by atoms with E-state index in [0.29, 0.717) is 18.7 Å².